The van der Waals surface area contributed by atoms with Gasteiger partial charge in [0.2, 0.25) is 10.0 Å². The van der Waals surface area contributed by atoms with Crippen molar-refractivity contribution in [2.75, 3.05) is 13.1 Å². The minimum absolute atomic E-state index is 0.0623. The van der Waals surface area contributed by atoms with E-state index in [0.29, 0.717) is 18.4 Å². The summed E-state index contributed by atoms with van der Waals surface area (Å²) in [6.07, 6.45) is 3.64. The molecule has 1 aliphatic heterocycles. The molecule has 1 heterocycles. The van der Waals surface area contributed by atoms with Gasteiger partial charge in [-0.3, -0.25) is 4.79 Å². The van der Waals surface area contributed by atoms with E-state index in [-0.39, 0.29) is 35.9 Å². The number of sulfonamides is 1. The molecule has 1 saturated heterocycles. The molecule has 1 unspecified atom stereocenters. The number of hydrogen-bond donors (Lipinski definition) is 2. The minimum Gasteiger partial charge on any atom is -0.481 e. The third-order valence-electron chi connectivity index (χ3n) is 5.90. The molecule has 3 rings (SSSR count). The van der Waals surface area contributed by atoms with Gasteiger partial charge in [0.1, 0.15) is 0 Å². The molecule has 1 atom stereocenters. The Morgan fingerprint density at radius 2 is 1.68 bits per heavy atom. The number of nitrogens with zero attached hydrogens (tertiary/aromatic N) is 1. The van der Waals surface area contributed by atoms with Gasteiger partial charge in [-0.1, -0.05) is 35.9 Å². The molecule has 1 fully saturated rings. The van der Waals surface area contributed by atoms with Gasteiger partial charge in [-0.05, 0) is 44.2 Å². The molecule has 0 radical (unpaired) electrons. The zero-order valence-electron chi connectivity index (χ0n) is 15.5. The lowest BCUT2D eigenvalue weighted by atomic mass is 9.62. The second kappa shape index (κ2) is 7.52. The van der Waals surface area contributed by atoms with E-state index in [0.717, 1.165) is 0 Å². The number of aliphatic carboxylic acids is 2. The molecule has 1 aromatic rings. The zero-order chi connectivity index (χ0) is 20.5. The standard InChI is InChI=1S/C20H23NO6S/c1-14-7-8-15(18(22)23)13-20(14,19(24)25)16-9-11-21(12-10-16)28(26,27)17-5-3-2-4-6-17/h2-8,16H,9-13H2,1H3,(H,22,23)(H,24,25). The van der Waals surface area contributed by atoms with Crippen LogP contribution in [0.2, 0.25) is 0 Å². The third-order valence-corrected chi connectivity index (χ3v) is 7.81. The van der Waals surface area contributed by atoms with Crippen molar-refractivity contribution in [2.24, 2.45) is 11.3 Å². The highest BCUT2D eigenvalue weighted by Crippen LogP contribution is 2.48. The van der Waals surface area contributed by atoms with E-state index >= 15 is 0 Å². The second-order valence-corrected chi connectivity index (χ2v) is 9.23. The Morgan fingerprint density at radius 1 is 1.07 bits per heavy atom. The van der Waals surface area contributed by atoms with Crippen LogP contribution in [0.4, 0.5) is 0 Å². The molecular weight excluding hydrogens is 382 g/mol. The van der Waals surface area contributed by atoms with Crippen LogP contribution >= 0.6 is 0 Å². The normalized spacial score (nSPS) is 24.3. The van der Waals surface area contributed by atoms with Crippen LogP contribution in [0.25, 0.3) is 0 Å². The lowest BCUT2D eigenvalue weighted by molar-refractivity contribution is -0.151. The van der Waals surface area contributed by atoms with Gasteiger partial charge >= 0.3 is 11.9 Å². The second-order valence-electron chi connectivity index (χ2n) is 7.29. The molecule has 0 aromatic heterocycles. The fourth-order valence-corrected chi connectivity index (χ4v) is 5.73. The molecule has 2 N–H and O–H groups in total. The SMILES string of the molecule is CC1=CC=C(C(=O)O)CC1(C(=O)O)C1CCN(S(=O)(=O)c2ccccc2)CC1. The van der Waals surface area contributed by atoms with Crippen molar-refractivity contribution in [2.45, 2.75) is 31.1 Å². The molecule has 0 spiro atoms. The third kappa shape index (κ3) is 3.38. The first kappa shape index (κ1) is 20.3. The largest absolute Gasteiger partial charge is 0.481 e. The average molecular weight is 405 g/mol. The lowest BCUT2D eigenvalue weighted by Gasteiger charge is -2.43. The van der Waals surface area contributed by atoms with Crippen LogP contribution in [-0.4, -0.2) is 48.0 Å². The molecule has 0 saturated carbocycles. The van der Waals surface area contributed by atoms with E-state index < -0.39 is 27.4 Å². The molecule has 2 aliphatic rings. The number of rotatable bonds is 5. The summed E-state index contributed by atoms with van der Waals surface area (Å²) in [4.78, 5) is 23.9. The highest BCUT2D eigenvalue weighted by molar-refractivity contribution is 7.89. The Bertz CT molecular complexity index is 942. The predicted molar refractivity (Wildman–Crippen MR) is 102 cm³/mol. The summed E-state index contributed by atoms with van der Waals surface area (Å²) in [5.74, 6) is -2.53. The van der Waals surface area contributed by atoms with Gasteiger partial charge < -0.3 is 10.2 Å². The lowest BCUT2D eigenvalue weighted by Crippen LogP contribution is -2.48. The summed E-state index contributed by atoms with van der Waals surface area (Å²) < 4.78 is 27.0. The van der Waals surface area contributed by atoms with Crippen LogP contribution < -0.4 is 0 Å². The molecule has 8 heteroatoms. The molecule has 7 nitrogen and oxygen atoms in total. The maximum atomic E-state index is 12.8. The van der Waals surface area contributed by atoms with Crippen molar-refractivity contribution >= 4 is 22.0 Å². The first-order valence-electron chi connectivity index (χ1n) is 9.09. The molecule has 0 bridgehead atoms. The highest BCUT2D eigenvalue weighted by atomic mass is 32.2. The fraction of sp³-hybridized carbons (Fsp3) is 0.400. The smallest absolute Gasteiger partial charge is 0.331 e. The van der Waals surface area contributed by atoms with Gasteiger partial charge in [0.15, 0.2) is 0 Å². The van der Waals surface area contributed by atoms with Crippen LogP contribution in [0.1, 0.15) is 26.2 Å². The van der Waals surface area contributed by atoms with Crippen molar-refractivity contribution in [1.29, 1.82) is 0 Å². The maximum absolute atomic E-state index is 12.8. The number of allylic oxidation sites excluding steroid dienone is 2. The summed E-state index contributed by atoms with van der Waals surface area (Å²) in [6, 6.07) is 8.15. The monoisotopic (exact) mass is 405 g/mol. The van der Waals surface area contributed by atoms with Gasteiger partial charge in [0.05, 0.1) is 10.3 Å². The van der Waals surface area contributed by atoms with Crippen molar-refractivity contribution < 1.29 is 28.2 Å². The molecule has 1 aromatic carbocycles. The Balaban J connectivity index is 1.83. The van der Waals surface area contributed by atoms with Crippen molar-refractivity contribution in [1.82, 2.24) is 4.31 Å². The quantitative estimate of drug-likeness (QED) is 0.778. The summed E-state index contributed by atoms with van der Waals surface area (Å²) >= 11 is 0. The maximum Gasteiger partial charge on any atom is 0.331 e. The number of hydrogen-bond acceptors (Lipinski definition) is 4. The van der Waals surface area contributed by atoms with Crippen LogP contribution in [0.15, 0.2) is 58.5 Å². The number of carbonyl (C=O) groups is 2. The van der Waals surface area contributed by atoms with E-state index in [9.17, 15) is 28.2 Å². The molecule has 0 amide bonds. The summed E-state index contributed by atoms with van der Waals surface area (Å²) in [6.45, 7) is 2.11. The highest BCUT2D eigenvalue weighted by Gasteiger charge is 2.50. The van der Waals surface area contributed by atoms with Gasteiger partial charge in [-0.15, -0.1) is 0 Å². The van der Waals surface area contributed by atoms with E-state index in [2.05, 4.69) is 0 Å². The fourth-order valence-electron chi connectivity index (χ4n) is 4.24. The van der Waals surface area contributed by atoms with Gasteiger partial charge in [-0.2, -0.15) is 4.31 Å². The molecular formula is C20H23NO6S. The number of carboxylic acid groups (broad SMARTS) is 2. The van der Waals surface area contributed by atoms with E-state index in [1.807, 2.05) is 0 Å². The van der Waals surface area contributed by atoms with Crippen LogP contribution in [0.3, 0.4) is 0 Å². The van der Waals surface area contributed by atoms with Gasteiger partial charge in [0, 0.05) is 18.7 Å². The van der Waals surface area contributed by atoms with Crippen LogP contribution in [0, 0.1) is 11.3 Å². The van der Waals surface area contributed by atoms with Crippen molar-refractivity contribution in [3.63, 3.8) is 0 Å². The Labute approximate surface area is 164 Å². The number of benzene rings is 1. The number of piperidine rings is 1. The molecule has 28 heavy (non-hydrogen) atoms. The number of carboxylic acids is 2. The zero-order valence-corrected chi connectivity index (χ0v) is 16.4. The van der Waals surface area contributed by atoms with E-state index in [1.165, 1.54) is 22.5 Å². The van der Waals surface area contributed by atoms with Crippen molar-refractivity contribution in [3.8, 4) is 0 Å². The van der Waals surface area contributed by atoms with E-state index in [1.54, 1.807) is 31.2 Å². The Hall–Kier alpha value is -2.45. The van der Waals surface area contributed by atoms with E-state index in [4.69, 9.17) is 0 Å². The first-order chi connectivity index (χ1) is 13.2. The summed E-state index contributed by atoms with van der Waals surface area (Å²) in [5.41, 5.74) is -0.646. The van der Waals surface area contributed by atoms with Crippen LogP contribution in [-0.2, 0) is 19.6 Å². The first-order valence-corrected chi connectivity index (χ1v) is 10.5. The Morgan fingerprint density at radius 3 is 2.21 bits per heavy atom. The average Bonchev–Trinajstić information content (AvgIpc) is 2.69. The predicted octanol–water partition coefficient (Wildman–Crippen LogP) is 2.52. The summed E-state index contributed by atoms with van der Waals surface area (Å²) in [5, 5.41) is 19.4. The Kier molecular flexibility index (Phi) is 5.45. The minimum atomic E-state index is -3.63. The summed E-state index contributed by atoms with van der Waals surface area (Å²) in [7, 11) is -3.63. The molecule has 1 aliphatic carbocycles. The molecule has 150 valence electrons. The topological polar surface area (TPSA) is 112 Å². The van der Waals surface area contributed by atoms with Crippen molar-refractivity contribution in [3.05, 3.63) is 53.6 Å². The van der Waals surface area contributed by atoms with Gasteiger partial charge in [-0.25, -0.2) is 13.2 Å². The van der Waals surface area contributed by atoms with Gasteiger partial charge in [0.25, 0.3) is 0 Å². The van der Waals surface area contributed by atoms with Crippen LogP contribution in [0.5, 0.6) is 0 Å².